The zero-order valence-electron chi connectivity index (χ0n) is 23.1. The fourth-order valence-corrected chi connectivity index (χ4v) is 19.9. The minimum atomic E-state index is -3.86. The summed E-state index contributed by atoms with van der Waals surface area (Å²) in [6.07, 6.45) is 0. The molecule has 0 N–H and O–H groups in total. The van der Waals surface area contributed by atoms with E-state index in [0.717, 1.165) is 0 Å². The van der Waals surface area contributed by atoms with Gasteiger partial charge in [0.2, 0.25) is 0 Å². The summed E-state index contributed by atoms with van der Waals surface area (Å²) in [4.78, 5) is 0. The van der Waals surface area contributed by atoms with Gasteiger partial charge < -0.3 is 0 Å². The normalized spacial score (nSPS) is 12.5. The van der Waals surface area contributed by atoms with Crippen LogP contribution < -0.4 is 14.3 Å². The van der Waals surface area contributed by atoms with E-state index in [2.05, 4.69) is 151 Å². The average Bonchev–Trinajstić information content (AvgIpc) is 2.88. The van der Waals surface area contributed by atoms with E-state index in [1.807, 2.05) is 0 Å². The van der Waals surface area contributed by atoms with E-state index < -0.39 is 18.4 Å². The maximum atomic E-state index is 6.45. The molecule has 0 aliphatic rings. The van der Waals surface area contributed by atoms with Gasteiger partial charge in [-0.15, -0.1) is 0 Å². The summed E-state index contributed by atoms with van der Waals surface area (Å²) >= 11 is -3.86. The van der Waals surface area contributed by atoms with Crippen LogP contribution in [0.1, 0.15) is 52.7 Å². The van der Waals surface area contributed by atoms with Crippen molar-refractivity contribution >= 4 is 32.7 Å². The predicted molar refractivity (Wildman–Crippen MR) is 159 cm³/mol. The Balaban J connectivity index is 2.11. The average molecular weight is 599 g/mol. The molecule has 0 aromatic heterocycles. The molecule has 0 unspecified atom stereocenters. The molecule has 4 rings (SSSR count). The fraction of sp³-hybridized carbons (Fsp3) is 0.294. The molecule has 37 heavy (non-hydrogen) atoms. The Bertz CT molecular complexity index is 1140. The van der Waals surface area contributed by atoms with Gasteiger partial charge in [-0.1, -0.05) is 0 Å². The monoisotopic (exact) mass is 600 g/mol. The van der Waals surface area contributed by atoms with Crippen molar-refractivity contribution in [3.8, 4) is 0 Å². The van der Waals surface area contributed by atoms with Crippen LogP contribution >= 0.6 is 0 Å². The quantitative estimate of drug-likeness (QED) is 0.243. The Morgan fingerprint density at radius 3 is 1.08 bits per heavy atom. The zero-order chi connectivity index (χ0) is 26.5. The number of rotatable bonds is 8. The fourth-order valence-electron chi connectivity index (χ4n) is 4.96. The van der Waals surface area contributed by atoms with Crippen LogP contribution in [-0.2, 0) is 22.7 Å². The van der Waals surface area contributed by atoms with Gasteiger partial charge >= 0.3 is 228 Å². The second-order valence-electron chi connectivity index (χ2n) is 11.6. The van der Waals surface area contributed by atoms with Gasteiger partial charge in [-0.25, -0.2) is 0 Å². The van der Waals surface area contributed by atoms with Crippen molar-refractivity contribution in [3.05, 3.63) is 120 Å². The third-order valence-corrected chi connectivity index (χ3v) is 20.8. The predicted octanol–water partition coefficient (Wildman–Crippen LogP) is 5.69. The second-order valence-corrected chi connectivity index (χ2v) is 22.3. The van der Waals surface area contributed by atoms with Crippen molar-refractivity contribution in [1.82, 2.24) is 0 Å². The molecule has 2 nitrogen and oxygen atoms in total. The van der Waals surface area contributed by atoms with Crippen LogP contribution in [0.25, 0.3) is 0 Å². The molecular weight excluding hydrogens is 559 g/mol. The van der Waals surface area contributed by atoms with Crippen LogP contribution in [0.2, 0.25) is 0 Å². The Kier molecular flexibility index (Phi) is 8.62. The second kappa shape index (κ2) is 11.6. The van der Waals surface area contributed by atoms with E-state index in [9.17, 15) is 0 Å². The first-order valence-electron chi connectivity index (χ1n) is 13.2. The molecule has 3 heteroatoms. The molecule has 0 fully saturated rings. The number of ether oxygens (including phenoxy) is 2. The summed E-state index contributed by atoms with van der Waals surface area (Å²) in [6.45, 7) is 13.9. The number of hydrogen-bond acceptors (Lipinski definition) is 2. The molecule has 0 aliphatic carbocycles. The Morgan fingerprint density at radius 1 is 0.459 bits per heavy atom. The van der Waals surface area contributed by atoms with Gasteiger partial charge in [0.15, 0.2) is 0 Å². The molecule has 0 spiro atoms. The SMILES string of the molecule is CC(C)(C)OCc1cccc(COC(C)(C)C)[c]1[Sn]([c]1ccccc1)([c]1ccccc1)[c]1ccccc1. The van der Waals surface area contributed by atoms with Crippen molar-refractivity contribution in [2.24, 2.45) is 0 Å². The van der Waals surface area contributed by atoms with Crippen LogP contribution in [0.15, 0.2) is 109 Å². The molecule has 0 atom stereocenters. The minimum absolute atomic E-state index is 0.237. The molecule has 0 amide bonds. The molecule has 0 saturated heterocycles. The van der Waals surface area contributed by atoms with E-state index in [4.69, 9.17) is 9.47 Å². The van der Waals surface area contributed by atoms with E-state index in [-0.39, 0.29) is 11.2 Å². The van der Waals surface area contributed by atoms with Crippen LogP contribution in [0, 0.1) is 0 Å². The molecule has 4 aromatic rings. The first kappa shape index (κ1) is 27.6. The van der Waals surface area contributed by atoms with Crippen molar-refractivity contribution in [3.63, 3.8) is 0 Å². The van der Waals surface area contributed by atoms with Gasteiger partial charge in [-0.3, -0.25) is 0 Å². The number of hydrogen-bond donors (Lipinski definition) is 0. The van der Waals surface area contributed by atoms with Gasteiger partial charge in [0, 0.05) is 0 Å². The van der Waals surface area contributed by atoms with Gasteiger partial charge in [0.1, 0.15) is 0 Å². The van der Waals surface area contributed by atoms with E-state index in [1.54, 1.807) is 0 Å². The molecule has 4 aromatic carbocycles. The van der Waals surface area contributed by atoms with Crippen molar-refractivity contribution in [2.75, 3.05) is 0 Å². The standard InChI is InChI=1S/C16H25O2.3C6H5.Sn/c1-15(2,3)17-11-13-8-7-9-14(10-13)12-18-16(4,5)6;3*1-2-4-6-5-3-1;/h7-9H,11-12H2,1-6H3;3*1-5H;. The van der Waals surface area contributed by atoms with Gasteiger partial charge in [0.05, 0.1) is 0 Å². The topological polar surface area (TPSA) is 18.5 Å². The van der Waals surface area contributed by atoms with E-state index >= 15 is 0 Å². The van der Waals surface area contributed by atoms with Crippen LogP contribution in [-0.4, -0.2) is 29.6 Å². The Hall–Kier alpha value is -2.40. The van der Waals surface area contributed by atoms with Gasteiger partial charge in [-0.2, -0.15) is 0 Å². The van der Waals surface area contributed by atoms with Crippen molar-refractivity contribution < 1.29 is 9.47 Å². The van der Waals surface area contributed by atoms with Crippen LogP contribution in [0.5, 0.6) is 0 Å². The molecule has 0 aliphatic heterocycles. The molecule has 0 saturated carbocycles. The van der Waals surface area contributed by atoms with E-state index in [0.29, 0.717) is 13.2 Å². The summed E-state index contributed by atoms with van der Waals surface area (Å²) in [5, 5.41) is 0. The van der Waals surface area contributed by atoms with Crippen LogP contribution in [0.4, 0.5) is 0 Å². The Morgan fingerprint density at radius 2 is 0.784 bits per heavy atom. The van der Waals surface area contributed by atoms with E-state index in [1.165, 1.54) is 25.4 Å². The summed E-state index contributed by atoms with van der Waals surface area (Å²) in [7, 11) is 0. The van der Waals surface area contributed by atoms with Crippen LogP contribution in [0.3, 0.4) is 0 Å². The maximum absolute atomic E-state index is 6.45. The first-order valence-corrected chi connectivity index (χ1v) is 18.9. The third-order valence-electron chi connectivity index (χ3n) is 6.55. The van der Waals surface area contributed by atoms with Gasteiger partial charge in [0.25, 0.3) is 0 Å². The summed E-state index contributed by atoms with van der Waals surface area (Å²) in [5.41, 5.74) is 2.05. The van der Waals surface area contributed by atoms with Crippen molar-refractivity contribution in [1.29, 1.82) is 0 Å². The Labute approximate surface area is 227 Å². The number of benzene rings is 4. The summed E-state index contributed by atoms with van der Waals surface area (Å²) in [5.74, 6) is 0. The zero-order valence-corrected chi connectivity index (χ0v) is 26.0. The molecular formula is C34H40O2Sn. The molecule has 192 valence electrons. The van der Waals surface area contributed by atoms with Gasteiger partial charge in [-0.05, 0) is 0 Å². The molecule has 0 radical (unpaired) electrons. The molecule has 0 heterocycles. The third kappa shape index (κ3) is 6.54. The molecule has 0 bridgehead atoms. The first-order chi connectivity index (χ1) is 17.6. The van der Waals surface area contributed by atoms with Crippen molar-refractivity contribution in [2.45, 2.75) is 66.0 Å². The summed E-state index contributed by atoms with van der Waals surface area (Å²) < 4.78 is 18.6. The summed E-state index contributed by atoms with van der Waals surface area (Å²) in [6, 6.07) is 40.2.